The summed E-state index contributed by atoms with van der Waals surface area (Å²) in [6.07, 6.45) is 1.14. The number of sulfone groups is 1. The van der Waals surface area contributed by atoms with Gasteiger partial charge in [0, 0.05) is 22.5 Å². The third kappa shape index (κ3) is 7.68. The van der Waals surface area contributed by atoms with Crippen LogP contribution >= 0.6 is 0 Å². The average molecular weight is 583 g/mol. The molecular formula is C35H38N2O4S. The van der Waals surface area contributed by atoms with E-state index in [-0.39, 0.29) is 9.79 Å². The molecular weight excluding hydrogens is 544 g/mol. The first-order chi connectivity index (χ1) is 20.1. The third-order valence-electron chi connectivity index (χ3n) is 6.72. The molecule has 0 unspecified atom stereocenters. The Bertz CT molecular complexity index is 1730. The van der Waals surface area contributed by atoms with Crippen LogP contribution in [0.1, 0.15) is 30.7 Å². The van der Waals surface area contributed by atoms with Gasteiger partial charge in [0.1, 0.15) is 11.5 Å². The molecule has 5 aromatic rings. The summed E-state index contributed by atoms with van der Waals surface area (Å²) in [6.45, 7) is 8.32. The number of pyridine rings is 1. The van der Waals surface area contributed by atoms with E-state index in [1.807, 2.05) is 50.2 Å². The molecule has 0 saturated heterocycles. The van der Waals surface area contributed by atoms with Gasteiger partial charge in [-0.2, -0.15) is 0 Å². The van der Waals surface area contributed by atoms with E-state index in [4.69, 9.17) is 9.47 Å². The minimum atomic E-state index is -3.55. The van der Waals surface area contributed by atoms with Gasteiger partial charge in [0.15, 0.2) is 0 Å². The Morgan fingerprint density at radius 1 is 0.738 bits per heavy atom. The molecule has 0 radical (unpaired) electrons. The van der Waals surface area contributed by atoms with Gasteiger partial charge in [-0.15, -0.1) is 0 Å². The van der Waals surface area contributed by atoms with E-state index in [9.17, 15) is 8.42 Å². The molecule has 0 spiro atoms. The van der Waals surface area contributed by atoms with Gasteiger partial charge in [-0.1, -0.05) is 43.7 Å². The van der Waals surface area contributed by atoms with Crippen molar-refractivity contribution in [3.8, 4) is 11.5 Å². The molecule has 0 amide bonds. The lowest BCUT2D eigenvalue weighted by atomic mass is 10.0. The summed E-state index contributed by atoms with van der Waals surface area (Å²) >= 11 is 0. The molecule has 0 aliphatic heterocycles. The van der Waals surface area contributed by atoms with Crippen molar-refractivity contribution in [2.75, 3.05) is 19.5 Å². The minimum absolute atomic E-state index is 0.259. The largest absolute Gasteiger partial charge is 0.497 e. The van der Waals surface area contributed by atoms with Gasteiger partial charge >= 0.3 is 0 Å². The highest BCUT2D eigenvalue weighted by Gasteiger charge is 2.17. The van der Waals surface area contributed by atoms with E-state index in [2.05, 4.69) is 36.3 Å². The van der Waals surface area contributed by atoms with Crippen LogP contribution in [0.2, 0.25) is 0 Å². The standard InChI is InChI=1S/C24H22N2O3S.C11H16O/c1-16-4-9-20(10-5-16)30(27,28)21-11-6-18(7-12-21)26-24-14-17(2)25-23-13-8-19(29-3)15-22(23)24;1-9(2)8-10-4-6-11(12-3)7-5-10/h4-15H,1-3H3,(H,25,26);4-7,9H,8H2,1-3H3. The average Bonchev–Trinajstić information content (AvgIpc) is 2.98. The van der Waals surface area contributed by atoms with E-state index in [1.165, 1.54) is 5.56 Å². The van der Waals surface area contributed by atoms with E-state index >= 15 is 0 Å². The summed E-state index contributed by atoms with van der Waals surface area (Å²) in [7, 11) is -0.230. The van der Waals surface area contributed by atoms with E-state index in [0.29, 0.717) is 0 Å². The highest BCUT2D eigenvalue weighted by atomic mass is 32.2. The van der Waals surface area contributed by atoms with Crippen LogP contribution in [0, 0.1) is 19.8 Å². The second-order valence-corrected chi connectivity index (χ2v) is 12.6. The number of hydrogen-bond acceptors (Lipinski definition) is 6. The summed E-state index contributed by atoms with van der Waals surface area (Å²) in [5, 5.41) is 4.30. The summed E-state index contributed by atoms with van der Waals surface area (Å²) < 4.78 is 36.1. The molecule has 218 valence electrons. The summed E-state index contributed by atoms with van der Waals surface area (Å²) in [4.78, 5) is 5.11. The number of fused-ring (bicyclic) bond motifs is 1. The maximum atomic E-state index is 12.9. The number of rotatable bonds is 8. The van der Waals surface area contributed by atoms with Gasteiger partial charge in [-0.05, 0) is 105 Å². The first-order valence-electron chi connectivity index (χ1n) is 13.9. The number of aromatic nitrogens is 1. The van der Waals surface area contributed by atoms with Crippen molar-refractivity contribution in [2.45, 2.75) is 43.9 Å². The smallest absolute Gasteiger partial charge is 0.206 e. The second-order valence-electron chi connectivity index (χ2n) is 10.6. The van der Waals surface area contributed by atoms with Crippen molar-refractivity contribution in [3.63, 3.8) is 0 Å². The molecule has 0 fully saturated rings. The van der Waals surface area contributed by atoms with Crippen LogP contribution < -0.4 is 14.8 Å². The van der Waals surface area contributed by atoms with Crippen LogP contribution in [0.3, 0.4) is 0 Å². The molecule has 0 atom stereocenters. The van der Waals surface area contributed by atoms with Crippen molar-refractivity contribution in [1.29, 1.82) is 0 Å². The lowest BCUT2D eigenvalue weighted by Crippen LogP contribution is -2.02. The molecule has 7 heteroatoms. The van der Waals surface area contributed by atoms with Gasteiger partial charge in [-0.25, -0.2) is 8.42 Å². The van der Waals surface area contributed by atoms with E-state index in [0.717, 1.165) is 57.4 Å². The number of hydrogen-bond donors (Lipinski definition) is 1. The van der Waals surface area contributed by atoms with E-state index < -0.39 is 9.84 Å². The Balaban J connectivity index is 0.000000283. The van der Waals surface area contributed by atoms with Crippen molar-refractivity contribution in [3.05, 3.63) is 114 Å². The van der Waals surface area contributed by atoms with Gasteiger partial charge in [-0.3, -0.25) is 4.98 Å². The Morgan fingerprint density at radius 2 is 1.31 bits per heavy atom. The Hall–Kier alpha value is -4.36. The van der Waals surface area contributed by atoms with E-state index in [1.54, 1.807) is 62.8 Å². The Morgan fingerprint density at radius 3 is 1.88 bits per heavy atom. The molecule has 1 heterocycles. The lowest BCUT2D eigenvalue weighted by molar-refractivity contribution is 0.414. The molecule has 1 aromatic heterocycles. The zero-order chi connectivity index (χ0) is 30.3. The maximum Gasteiger partial charge on any atom is 0.206 e. The predicted molar refractivity (Wildman–Crippen MR) is 171 cm³/mol. The predicted octanol–water partition coefficient (Wildman–Crippen LogP) is 8.33. The first kappa shape index (κ1) is 30.6. The van der Waals surface area contributed by atoms with Gasteiger partial charge in [0.05, 0.1) is 29.5 Å². The number of aryl methyl sites for hydroxylation is 2. The number of benzene rings is 4. The quantitative estimate of drug-likeness (QED) is 0.198. The number of nitrogens with zero attached hydrogens (tertiary/aromatic N) is 1. The molecule has 1 N–H and O–H groups in total. The van der Waals surface area contributed by atoms with Crippen molar-refractivity contribution >= 4 is 32.1 Å². The fraction of sp³-hybridized carbons (Fsp3) is 0.229. The maximum absolute atomic E-state index is 12.9. The zero-order valence-corrected chi connectivity index (χ0v) is 25.8. The highest BCUT2D eigenvalue weighted by molar-refractivity contribution is 7.91. The molecule has 0 aliphatic carbocycles. The Labute approximate surface area is 249 Å². The Kier molecular flexibility index (Phi) is 9.86. The van der Waals surface area contributed by atoms with Crippen molar-refractivity contribution in [2.24, 2.45) is 5.92 Å². The van der Waals surface area contributed by atoms with Crippen LogP contribution in [0.5, 0.6) is 11.5 Å². The van der Waals surface area contributed by atoms with Crippen LogP contribution in [0.15, 0.2) is 107 Å². The SMILES string of the molecule is COc1ccc(CC(C)C)cc1.COc1ccc2nc(C)cc(Nc3ccc(S(=O)(=O)c4ccc(C)cc4)cc3)c2c1. The number of methoxy groups -OCH3 is 2. The van der Waals surface area contributed by atoms with Gasteiger partial charge in [0.25, 0.3) is 0 Å². The number of anilines is 2. The molecule has 5 rings (SSSR count). The van der Waals surface area contributed by atoms with Gasteiger partial charge in [0.2, 0.25) is 9.84 Å². The highest BCUT2D eigenvalue weighted by Crippen LogP contribution is 2.30. The van der Waals surface area contributed by atoms with Crippen LogP contribution in [0.25, 0.3) is 10.9 Å². The monoisotopic (exact) mass is 582 g/mol. The van der Waals surface area contributed by atoms with Crippen LogP contribution in [0.4, 0.5) is 11.4 Å². The summed E-state index contributed by atoms with van der Waals surface area (Å²) in [5.41, 5.74) is 5.81. The molecule has 0 bridgehead atoms. The normalized spacial score (nSPS) is 11.1. The fourth-order valence-corrected chi connectivity index (χ4v) is 5.79. The molecule has 0 aliphatic rings. The number of ether oxygens (including phenoxy) is 2. The zero-order valence-electron chi connectivity index (χ0n) is 25.0. The summed E-state index contributed by atoms with van der Waals surface area (Å²) in [6, 6.07) is 29.6. The first-order valence-corrected chi connectivity index (χ1v) is 15.3. The molecule has 4 aromatic carbocycles. The minimum Gasteiger partial charge on any atom is -0.497 e. The lowest BCUT2D eigenvalue weighted by Gasteiger charge is -2.13. The second kappa shape index (κ2) is 13.5. The van der Waals surface area contributed by atoms with Gasteiger partial charge < -0.3 is 14.8 Å². The fourth-order valence-electron chi connectivity index (χ4n) is 4.53. The third-order valence-corrected chi connectivity index (χ3v) is 8.51. The van der Waals surface area contributed by atoms with Crippen LogP contribution in [-0.4, -0.2) is 27.6 Å². The van der Waals surface area contributed by atoms with Crippen molar-refractivity contribution < 1.29 is 17.9 Å². The molecule has 42 heavy (non-hydrogen) atoms. The molecule has 6 nitrogen and oxygen atoms in total. The molecule has 0 saturated carbocycles. The van der Waals surface area contributed by atoms with Crippen molar-refractivity contribution in [1.82, 2.24) is 4.98 Å². The summed E-state index contributed by atoms with van der Waals surface area (Å²) in [5.74, 6) is 2.40. The topological polar surface area (TPSA) is 77.5 Å². The number of nitrogens with one attached hydrogen (secondary N) is 1. The van der Waals surface area contributed by atoms with Crippen LogP contribution in [-0.2, 0) is 16.3 Å².